The highest BCUT2D eigenvalue weighted by atomic mass is 16.5. The van der Waals surface area contributed by atoms with Gasteiger partial charge in [-0.25, -0.2) is 0 Å². The van der Waals surface area contributed by atoms with Crippen LogP contribution < -0.4 is 0 Å². The molecule has 0 aliphatic carbocycles. The summed E-state index contributed by atoms with van der Waals surface area (Å²) in [5.41, 5.74) is 1.73. The average molecular weight is 301 g/mol. The molecule has 0 aromatic carbocycles. The van der Waals surface area contributed by atoms with E-state index in [9.17, 15) is 0 Å². The summed E-state index contributed by atoms with van der Waals surface area (Å²) < 4.78 is 5.59. The van der Waals surface area contributed by atoms with Crippen molar-refractivity contribution in [1.29, 1.82) is 0 Å². The molecule has 3 saturated heterocycles. The van der Waals surface area contributed by atoms with Crippen molar-refractivity contribution in [2.45, 2.75) is 38.3 Å². The Hall–Kier alpha value is -0.970. The van der Waals surface area contributed by atoms with Crippen molar-refractivity contribution in [2.75, 3.05) is 39.4 Å². The van der Waals surface area contributed by atoms with E-state index in [1.165, 1.54) is 57.6 Å². The summed E-state index contributed by atoms with van der Waals surface area (Å²) in [6.07, 6.45) is 7.24. The van der Waals surface area contributed by atoms with Crippen LogP contribution in [0.1, 0.15) is 31.4 Å². The zero-order valence-corrected chi connectivity index (χ0v) is 13.4. The third kappa shape index (κ3) is 3.05. The molecule has 0 amide bonds. The molecule has 3 fully saturated rings. The average Bonchev–Trinajstić information content (AvgIpc) is 3.19. The van der Waals surface area contributed by atoms with Crippen molar-refractivity contribution in [3.63, 3.8) is 0 Å². The maximum absolute atomic E-state index is 5.59. The molecule has 22 heavy (non-hydrogen) atoms. The lowest BCUT2D eigenvalue weighted by atomic mass is 9.79. The van der Waals surface area contributed by atoms with Crippen molar-refractivity contribution in [3.05, 3.63) is 30.1 Å². The largest absolute Gasteiger partial charge is 0.380 e. The van der Waals surface area contributed by atoms with Gasteiger partial charge in [0.1, 0.15) is 0 Å². The van der Waals surface area contributed by atoms with E-state index in [0.29, 0.717) is 11.5 Å². The fraction of sp³-hybridized carbons (Fsp3) is 0.722. The third-order valence-corrected chi connectivity index (χ3v) is 5.74. The Morgan fingerprint density at radius 3 is 3.05 bits per heavy atom. The molecule has 0 saturated carbocycles. The predicted octanol–water partition coefficient (Wildman–Crippen LogP) is 2.16. The molecule has 1 spiro atoms. The highest BCUT2D eigenvalue weighted by Crippen LogP contribution is 2.40. The summed E-state index contributed by atoms with van der Waals surface area (Å²) in [5.74, 6) is 0. The Morgan fingerprint density at radius 1 is 1.23 bits per heavy atom. The number of ether oxygens (including phenoxy) is 1. The smallest absolute Gasteiger partial charge is 0.0622 e. The quantitative estimate of drug-likeness (QED) is 0.855. The van der Waals surface area contributed by atoms with Gasteiger partial charge in [-0.2, -0.15) is 0 Å². The fourth-order valence-corrected chi connectivity index (χ4v) is 4.59. The Morgan fingerprint density at radius 2 is 2.23 bits per heavy atom. The number of likely N-dealkylation sites (tertiary alicyclic amines) is 2. The molecule has 1 aromatic rings. The van der Waals surface area contributed by atoms with E-state index in [1.54, 1.807) is 0 Å². The molecule has 4 nitrogen and oxygen atoms in total. The number of aromatic nitrogens is 1. The zero-order valence-electron chi connectivity index (χ0n) is 13.4. The summed E-state index contributed by atoms with van der Waals surface area (Å²) >= 11 is 0. The number of hydrogen-bond acceptors (Lipinski definition) is 4. The minimum Gasteiger partial charge on any atom is -0.380 e. The van der Waals surface area contributed by atoms with Gasteiger partial charge in [-0.15, -0.1) is 0 Å². The van der Waals surface area contributed by atoms with E-state index in [-0.39, 0.29) is 0 Å². The van der Waals surface area contributed by atoms with Crippen molar-refractivity contribution < 1.29 is 4.74 Å². The lowest BCUT2D eigenvalue weighted by Crippen LogP contribution is -2.45. The molecule has 0 radical (unpaired) electrons. The van der Waals surface area contributed by atoms with Gasteiger partial charge in [0.15, 0.2) is 0 Å². The predicted molar refractivity (Wildman–Crippen MR) is 86.6 cm³/mol. The van der Waals surface area contributed by atoms with E-state index in [1.807, 2.05) is 12.3 Å². The van der Waals surface area contributed by atoms with Crippen LogP contribution in [0.3, 0.4) is 0 Å². The Balaban J connectivity index is 1.38. The minimum absolute atomic E-state index is 0.523. The van der Waals surface area contributed by atoms with Crippen LogP contribution in [0.15, 0.2) is 24.4 Å². The van der Waals surface area contributed by atoms with Crippen molar-refractivity contribution in [1.82, 2.24) is 14.8 Å². The molecule has 0 N–H and O–H groups in total. The molecule has 3 aliphatic rings. The van der Waals surface area contributed by atoms with Gasteiger partial charge in [0.05, 0.1) is 12.3 Å². The molecule has 0 unspecified atom stereocenters. The van der Waals surface area contributed by atoms with E-state index in [2.05, 4.69) is 26.9 Å². The van der Waals surface area contributed by atoms with Gasteiger partial charge in [-0.05, 0) is 56.3 Å². The molecule has 3 aliphatic heterocycles. The summed E-state index contributed by atoms with van der Waals surface area (Å²) in [5, 5.41) is 0. The van der Waals surface area contributed by atoms with Gasteiger partial charge < -0.3 is 4.74 Å². The number of pyridine rings is 1. The third-order valence-electron chi connectivity index (χ3n) is 5.74. The number of rotatable bonds is 3. The van der Waals surface area contributed by atoms with Crippen LogP contribution in [-0.4, -0.2) is 60.2 Å². The number of piperidine rings is 1. The van der Waals surface area contributed by atoms with Gasteiger partial charge >= 0.3 is 0 Å². The molecular weight excluding hydrogens is 274 g/mol. The summed E-state index contributed by atoms with van der Waals surface area (Å²) in [4.78, 5) is 9.83. The van der Waals surface area contributed by atoms with E-state index >= 15 is 0 Å². The van der Waals surface area contributed by atoms with Crippen LogP contribution in [0.5, 0.6) is 0 Å². The highest BCUT2D eigenvalue weighted by Gasteiger charge is 2.43. The second kappa shape index (κ2) is 6.26. The molecule has 2 atom stereocenters. The molecule has 4 heteroatoms. The molecular formula is C18H27N3O. The van der Waals surface area contributed by atoms with Gasteiger partial charge in [-0.1, -0.05) is 6.07 Å². The highest BCUT2D eigenvalue weighted by molar-refractivity contribution is 5.04. The molecule has 4 rings (SSSR count). The zero-order chi connectivity index (χ0) is 14.8. The lowest BCUT2D eigenvalue weighted by molar-refractivity contribution is 0.0783. The van der Waals surface area contributed by atoms with Crippen LogP contribution in [0.2, 0.25) is 0 Å². The number of hydrogen-bond donors (Lipinski definition) is 0. The Bertz CT molecular complexity index is 488. The summed E-state index contributed by atoms with van der Waals surface area (Å²) in [7, 11) is 0. The van der Waals surface area contributed by atoms with Crippen LogP contribution in [0.25, 0.3) is 0 Å². The standard InChI is InChI=1S/C18H27N3O/c1-2-8-19-16(4-1)12-20-9-3-6-18(14-20)7-10-21(15-18)17-5-11-22-13-17/h1-2,4,8,17H,3,5-7,9-15H2/t17-,18+/m1/s1. The Kier molecular flexibility index (Phi) is 4.16. The molecule has 1 aromatic heterocycles. The monoisotopic (exact) mass is 301 g/mol. The van der Waals surface area contributed by atoms with Crippen LogP contribution in [0, 0.1) is 5.41 Å². The first-order valence-corrected chi connectivity index (χ1v) is 8.77. The maximum atomic E-state index is 5.59. The van der Waals surface area contributed by atoms with E-state index < -0.39 is 0 Å². The first-order chi connectivity index (χ1) is 10.8. The van der Waals surface area contributed by atoms with Gasteiger partial charge in [0, 0.05) is 38.5 Å². The van der Waals surface area contributed by atoms with Crippen molar-refractivity contribution in [2.24, 2.45) is 5.41 Å². The minimum atomic E-state index is 0.523. The molecule has 0 bridgehead atoms. The molecule has 120 valence electrons. The van der Waals surface area contributed by atoms with Crippen molar-refractivity contribution >= 4 is 0 Å². The van der Waals surface area contributed by atoms with Crippen LogP contribution in [-0.2, 0) is 11.3 Å². The summed E-state index contributed by atoms with van der Waals surface area (Å²) in [6.45, 7) is 7.94. The van der Waals surface area contributed by atoms with E-state index in [4.69, 9.17) is 4.74 Å². The van der Waals surface area contributed by atoms with Crippen LogP contribution >= 0.6 is 0 Å². The number of nitrogens with zero attached hydrogens (tertiary/aromatic N) is 3. The normalized spacial score (nSPS) is 33.7. The summed E-state index contributed by atoms with van der Waals surface area (Å²) in [6, 6.07) is 6.93. The Labute approximate surface area is 133 Å². The topological polar surface area (TPSA) is 28.6 Å². The molecule has 4 heterocycles. The first kappa shape index (κ1) is 14.6. The lowest BCUT2D eigenvalue weighted by Gasteiger charge is -2.40. The SMILES string of the molecule is c1ccc(CN2CCC[C@]3(CCN([C@@H]4CCOC4)C3)C2)nc1. The van der Waals surface area contributed by atoms with Crippen molar-refractivity contribution in [3.8, 4) is 0 Å². The van der Waals surface area contributed by atoms with E-state index in [0.717, 1.165) is 19.8 Å². The second-order valence-corrected chi connectivity index (χ2v) is 7.37. The van der Waals surface area contributed by atoms with Gasteiger partial charge in [0.25, 0.3) is 0 Å². The first-order valence-electron chi connectivity index (χ1n) is 8.77. The maximum Gasteiger partial charge on any atom is 0.0622 e. The van der Waals surface area contributed by atoms with Crippen LogP contribution in [0.4, 0.5) is 0 Å². The van der Waals surface area contributed by atoms with Gasteiger partial charge in [0.2, 0.25) is 0 Å². The fourth-order valence-electron chi connectivity index (χ4n) is 4.59. The van der Waals surface area contributed by atoms with Gasteiger partial charge in [-0.3, -0.25) is 14.8 Å². The second-order valence-electron chi connectivity index (χ2n) is 7.37.